The molecule has 3 N–H and O–H groups in total. The van der Waals surface area contributed by atoms with Crippen LogP contribution in [0.25, 0.3) is 0 Å². The van der Waals surface area contributed by atoms with Crippen molar-refractivity contribution < 1.29 is 9.53 Å². The second-order valence-electron chi connectivity index (χ2n) is 2.41. The van der Waals surface area contributed by atoms with Gasteiger partial charge < -0.3 is 15.8 Å². The van der Waals surface area contributed by atoms with E-state index in [-0.39, 0.29) is 30.5 Å². The number of nitrogens with two attached hydrogens (primary N) is 1. The zero-order valence-electron chi connectivity index (χ0n) is 6.37. The first kappa shape index (κ1) is 10.7. The molecule has 0 bridgehead atoms. The van der Waals surface area contributed by atoms with Crippen LogP contribution < -0.4 is 11.1 Å². The first-order chi connectivity index (χ1) is 4.72. The third-order valence-corrected chi connectivity index (χ3v) is 1.62. The third kappa shape index (κ3) is 2.65. The molecule has 5 heteroatoms. The van der Waals surface area contributed by atoms with Crippen molar-refractivity contribution in [3.8, 4) is 0 Å². The van der Waals surface area contributed by atoms with Gasteiger partial charge in [0.25, 0.3) is 0 Å². The van der Waals surface area contributed by atoms with E-state index in [1.807, 2.05) is 6.92 Å². The molecule has 1 amide bonds. The quantitative estimate of drug-likeness (QED) is 0.559. The molecule has 0 saturated carbocycles. The molecule has 1 saturated heterocycles. The van der Waals surface area contributed by atoms with E-state index in [2.05, 4.69) is 5.32 Å². The van der Waals surface area contributed by atoms with Crippen LogP contribution in [0.15, 0.2) is 0 Å². The van der Waals surface area contributed by atoms with Gasteiger partial charge in [0.05, 0.1) is 12.7 Å². The van der Waals surface area contributed by atoms with Crippen LogP contribution in [0.4, 0.5) is 0 Å². The number of ether oxygens (including phenoxy) is 1. The van der Waals surface area contributed by atoms with Gasteiger partial charge in [0, 0.05) is 6.54 Å². The summed E-state index contributed by atoms with van der Waals surface area (Å²) in [4.78, 5) is 10.6. The maximum Gasteiger partial charge on any atom is 0.237 e. The van der Waals surface area contributed by atoms with Gasteiger partial charge in [0.2, 0.25) is 5.91 Å². The molecule has 0 aliphatic carbocycles. The number of hydrogen-bond donors (Lipinski definition) is 2. The highest BCUT2D eigenvalue weighted by Crippen LogP contribution is 2.02. The Morgan fingerprint density at radius 1 is 1.73 bits per heavy atom. The Morgan fingerprint density at radius 2 is 2.36 bits per heavy atom. The predicted octanol–water partition coefficient (Wildman–Crippen LogP) is -0.730. The van der Waals surface area contributed by atoms with Gasteiger partial charge in [-0.25, -0.2) is 0 Å². The lowest BCUT2D eigenvalue weighted by molar-refractivity contribution is -0.125. The van der Waals surface area contributed by atoms with Crippen LogP contribution >= 0.6 is 12.4 Å². The van der Waals surface area contributed by atoms with Gasteiger partial charge in [-0.3, -0.25) is 4.79 Å². The van der Waals surface area contributed by atoms with Crippen molar-refractivity contribution in [1.29, 1.82) is 0 Å². The maximum absolute atomic E-state index is 10.6. The van der Waals surface area contributed by atoms with E-state index in [0.717, 1.165) is 0 Å². The zero-order chi connectivity index (χ0) is 7.56. The summed E-state index contributed by atoms with van der Waals surface area (Å²) in [6.07, 6.45) is -0.0914. The molecule has 1 aliphatic rings. The highest BCUT2D eigenvalue weighted by atomic mass is 35.5. The second kappa shape index (κ2) is 4.54. The van der Waals surface area contributed by atoms with E-state index in [9.17, 15) is 4.79 Å². The summed E-state index contributed by atoms with van der Waals surface area (Å²) < 4.78 is 5.19. The van der Waals surface area contributed by atoms with Crippen LogP contribution in [-0.2, 0) is 9.53 Å². The van der Waals surface area contributed by atoms with Gasteiger partial charge in [-0.2, -0.15) is 0 Å². The molecule has 0 unspecified atom stereocenters. The molecule has 1 rings (SSSR count). The van der Waals surface area contributed by atoms with Crippen LogP contribution in [0.5, 0.6) is 0 Å². The molecule has 0 spiro atoms. The van der Waals surface area contributed by atoms with Gasteiger partial charge in [0.1, 0.15) is 6.04 Å². The first-order valence-corrected chi connectivity index (χ1v) is 3.36. The Bertz CT molecular complexity index is 143. The minimum Gasteiger partial charge on any atom is -0.375 e. The highest BCUT2D eigenvalue weighted by molar-refractivity contribution is 5.85. The van der Waals surface area contributed by atoms with Gasteiger partial charge in [0.15, 0.2) is 0 Å². The summed E-state index contributed by atoms with van der Waals surface area (Å²) in [5.74, 6) is -0.341. The Hall–Kier alpha value is -0.320. The lowest BCUT2D eigenvalue weighted by Crippen LogP contribution is -2.54. The average Bonchev–Trinajstić information content (AvgIpc) is 1.88. The fourth-order valence-corrected chi connectivity index (χ4v) is 1.05. The number of carbonyl (C=O) groups excluding carboxylic acids is 1. The van der Waals surface area contributed by atoms with Crippen molar-refractivity contribution in [3.05, 3.63) is 0 Å². The number of morpholine rings is 1. The van der Waals surface area contributed by atoms with Crippen LogP contribution in [0.3, 0.4) is 0 Å². The highest BCUT2D eigenvalue weighted by Gasteiger charge is 2.25. The van der Waals surface area contributed by atoms with E-state index in [0.29, 0.717) is 13.2 Å². The normalized spacial score (nSPS) is 30.6. The van der Waals surface area contributed by atoms with Crippen molar-refractivity contribution in [2.75, 3.05) is 13.2 Å². The number of primary amides is 1. The predicted molar refractivity (Wildman–Crippen MR) is 43.6 cm³/mol. The Kier molecular flexibility index (Phi) is 4.40. The standard InChI is InChI=1S/C6H12N2O2.ClH/c1-4-5(6(7)9)8-2-3-10-4;/h4-5,8H,2-3H2,1H3,(H2,7,9);1H/t4-,5+;/m1./s1. The number of carbonyl (C=O) groups is 1. The molecule has 0 aromatic heterocycles. The molecule has 0 aromatic carbocycles. The van der Waals surface area contributed by atoms with E-state index >= 15 is 0 Å². The number of amides is 1. The average molecular weight is 181 g/mol. The summed E-state index contributed by atoms with van der Waals surface area (Å²) in [6, 6.07) is -0.311. The Morgan fingerprint density at radius 3 is 2.73 bits per heavy atom. The van der Waals surface area contributed by atoms with Gasteiger partial charge in [-0.1, -0.05) is 0 Å². The minimum absolute atomic E-state index is 0. The summed E-state index contributed by atoms with van der Waals surface area (Å²) >= 11 is 0. The Balaban J connectivity index is 0.000001000. The summed E-state index contributed by atoms with van der Waals surface area (Å²) in [6.45, 7) is 3.20. The largest absolute Gasteiger partial charge is 0.375 e. The number of rotatable bonds is 1. The third-order valence-electron chi connectivity index (χ3n) is 1.62. The smallest absolute Gasteiger partial charge is 0.237 e. The zero-order valence-corrected chi connectivity index (χ0v) is 7.19. The van der Waals surface area contributed by atoms with E-state index in [4.69, 9.17) is 10.5 Å². The fourth-order valence-electron chi connectivity index (χ4n) is 1.05. The molecular weight excluding hydrogens is 168 g/mol. The summed E-state index contributed by atoms with van der Waals surface area (Å²) in [5, 5.41) is 2.97. The number of nitrogens with one attached hydrogen (secondary N) is 1. The molecular formula is C6H13ClN2O2. The number of hydrogen-bond acceptors (Lipinski definition) is 3. The molecule has 0 radical (unpaired) electrons. The van der Waals surface area contributed by atoms with Crippen molar-refractivity contribution in [2.24, 2.45) is 5.73 Å². The second-order valence-corrected chi connectivity index (χ2v) is 2.41. The van der Waals surface area contributed by atoms with Gasteiger partial charge >= 0.3 is 0 Å². The van der Waals surface area contributed by atoms with E-state index in [1.165, 1.54) is 0 Å². The lowest BCUT2D eigenvalue weighted by Gasteiger charge is -2.27. The summed E-state index contributed by atoms with van der Waals surface area (Å²) in [5.41, 5.74) is 5.08. The lowest BCUT2D eigenvalue weighted by atomic mass is 10.1. The van der Waals surface area contributed by atoms with Crippen molar-refractivity contribution in [3.63, 3.8) is 0 Å². The molecule has 11 heavy (non-hydrogen) atoms. The van der Waals surface area contributed by atoms with Crippen LogP contribution in [-0.4, -0.2) is 31.2 Å². The first-order valence-electron chi connectivity index (χ1n) is 3.36. The SMILES string of the molecule is C[C@H]1OCCN[C@@H]1C(N)=O.Cl. The minimum atomic E-state index is -0.341. The molecule has 2 atom stereocenters. The fraction of sp³-hybridized carbons (Fsp3) is 0.833. The molecule has 66 valence electrons. The number of halogens is 1. The Labute approximate surface area is 71.9 Å². The molecule has 1 fully saturated rings. The maximum atomic E-state index is 10.6. The summed E-state index contributed by atoms with van der Waals surface area (Å²) in [7, 11) is 0. The van der Waals surface area contributed by atoms with Gasteiger partial charge in [-0.05, 0) is 6.92 Å². The van der Waals surface area contributed by atoms with Crippen LogP contribution in [0, 0.1) is 0 Å². The molecule has 0 aromatic rings. The van der Waals surface area contributed by atoms with E-state index < -0.39 is 0 Å². The van der Waals surface area contributed by atoms with Crippen molar-refractivity contribution >= 4 is 18.3 Å². The van der Waals surface area contributed by atoms with Crippen molar-refractivity contribution in [2.45, 2.75) is 19.1 Å². The molecule has 4 nitrogen and oxygen atoms in total. The van der Waals surface area contributed by atoms with E-state index in [1.54, 1.807) is 0 Å². The molecule has 1 aliphatic heterocycles. The monoisotopic (exact) mass is 180 g/mol. The van der Waals surface area contributed by atoms with Crippen molar-refractivity contribution in [1.82, 2.24) is 5.32 Å². The topological polar surface area (TPSA) is 64.3 Å². The molecule has 1 heterocycles. The van der Waals surface area contributed by atoms with Crippen LogP contribution in [0.2, 0.25) is 0 Å². The van der Waals surface area contributed by atoms with Crippen LogP contribution in [0.1, 0.15) is 6.92 Å². The van der Waals surface area contributed by atoms with Gasteiger partial charge in [-0.15, -0.1) is 12.4 Å².